The van der Waals surface area contributed by atoms with Crippen LogP contribution in [-0.4, -0.2) is 36.5 Å². The average Bonchev–Trinajstić information content (AvgIpc) is 2.40. The van der Waals surface area contributed by atoms with Gasteiger partial charge in [-0.25, -0.2) is 0 Å². The molecule has 92 valence electrons. The van der Waals surface area contributed by atoms with Crippen LogP contribution >= 0.6 is 0 Å². The zero-order valence-corrected chi connectivity index (χ0v) is 10.4. The molecule has 2 rings (SSSR count). The summed E-state index contributed by atoms with van der Waals surface area (Å²) in [6, 6.07) is 9.93. The molecule has 0 spiro atoms. The van der Waals surface area contributed by atoms with E-state index < -0.39 is 0 Å². The summed E-state index contributed by atoms with van der Waals surface area (Å²) < 4.78 is 0. The van der Waals surface area contributed by atoms with E-state index in [1.165, 1.54) is 0 Å². The highest BCUT2D eigenvalue weighted by Gasteiger charge is 2.26. The molecule has 0 aromatic heterocycles. The summed E-state index contributed by atoms with van der Waals surface area (Å²) in [7, 11) is 0. The average molecular weight is 232 g/mol. The van der Waals surface area contributed by atoms with Gasteiger partial charge in [0.05, 0.1) is 0 Å². The van der Waals surface area contributed by atoms with Gasteiger partial charge in [-0.2, -0.15) is 0 Å². The van der Waals surface area contributed by atoms with Gasteiger partial charge in [-0.15, -0.1) is 0 Å². The number of amides is 1. The van der Waals surface area contributed by atoms with Crippen LogP contribution in [0.1, 0.15) is 30.1 Å². The summed E-state index contributed by atoms with van der Waals surface area (Å²) in [6.45, 7) is 4.81. The fourth-order valence-corrected chi connectivity index (χ4v) is 2.37. The van der Waals surface area contributed by atoms with E-state index in [2.05, 4.69) is 12.2 Å². The lowest BCUT2D eigenvalue weighted by Gasteiger charge is -2.36. The molecule has 3 heteroatoms. The maximum absolute atomic E-state index is 12.4. The van der Waals surface area contributed by atoms with Gasteiger partial charge in [-0.3, -0.25) is 4.79 Å². The maximum atomic E-state index is 12.4. The van der Waals surface area contributed by atoms with Crippen molar-refractivity contribution in [2.45, 2.75) is 25.8 Å². The lowest BCUT2D eigenvalue weighted by atomic mass is 10.1. The van der Waals surface area contributed by atoms with Crippen molar-refractivity contribution in [2.24, 2.45) is 0 Å². The van der Waals surface area contributed by atoms with Gasteiger partial charge in [0, 0.05) is 31.2 Å². The van der Waals surface area contributed by atoms with E-state index in [9.17, 15) is 4.79 Å². The Morgan fingerprint density at radius 3 is 2.88 bits per heavy atom. The number of carbonyl (C=O) groups is 1. The molecule has 0 aliphatic carbocycles. The Morgan fingerprint density at radius 2 is 2.18 bits per heavy atom. The highest BCUT2D eigenvalue weighted by molar-refractivity contribution is 5.94. The number of nitrogens with one attached hydrogen (secondary N) is 1. The quantitative estimate of drug-likeness (QED) is 0.863. The minimum Gasteiger partial charge on any atom is -0.333 e. The number of nitrogens with zero attached hydrogens (tertiary/aromatic N) is 1. The molecule has 1 amide bonds. The first-order chi connectivity index (χ1) is 8.33. The van der Waals surface area contributed by atoms with E-state index >= 15 is 0 Å². The first-order valence-corrected chi connectivity index (χ1v) is 6.39. The lowest BCUT2D eigenvalue weighted by Crippen LogP contribution is -2.53. The molecule has 1 fully saturated rings. The van der Waals surface area contributed by atoms with Crippen LogP contribution in [0.4, 0.5) is 0 Å². The van der Waals surface area contributed by atoms with Crippen molar-refractivity contribution in [1.29, 1.82) is 0 Å². The molecule has 0 bridgehead atoms. The van der Waals surface area contributed by atoms with Gasteiger partial charge in [0.15, 0.2) is 0 Å². The summed E-state index contributed by atoms with van der Waals surface area (Å²) >= 11 is 0. The highest BCUT2D eigenvalue weighted by Crippen LogP contribution is 2.14. The third-order valence-corrected chi connectivity index (χ3v) is 3.25. The molecule has 1 heterocycles. The molecule has 3 nitrogen and oxygen atoms in total. The van der Waals surface area contributed by atoms with Gasteiger partial charge in [0.1, 0.15) is 0 Å². The SMILES string of the molecule is CCCC1CNCCN1C(=O)c1ccccc1. The summed E-state index contributed by atoms with van der Waals surface area (Å²) in [4.78, 5) is 14.4. The lowest BCUT2D eigenvalue weighted by molar-refractivity contribution is 0.0624. The molecule has 17 heavy (non-hydrogen) atoms. The summed E-state index contributed by atoms with van der Waals surface area (Å²) in [6.07, 6.45) is 2.19. The Labute approximate surface area is 103 Å². The third kappa shape index (κ3) is 2.86. The van der Waals surface area contributed by atoms with Crippen LogP contribution < -0.4 is 5.32 Å². The Morgan fingerprint density at radius 1 is 1.41 bits per heavy atom. The molecule has 1 aromatic rings. The smallest absolute Gasteiger partial charge is 0.254 e. The van der Waals surface area contributed by atoms with Gasteiger partial charge in [0.2, 0.25) is 0 Å². The van der Waals surface area contributed by atoms with Gasteiger partial charge >= 0.3 is 0 Å². The predicted octanol–water partition coefficient (Wildman–Crippen LogP) is 1.90. The molecular weight excluding hydrogens is 212 g/mol. The fraction of sp³-hybridized carbons (Fsp3) is 0.500. The zero-order chi connectivity index (χ0) is 12.1. The van der Waals surface area contributed by atoms with E-state index in [4.69, 9.17) is 0 Å². The number of hydrogen-bond acceptors (Lipinski definition) is 2. The number of benzene rings is 1. The van der Waals surface area contributed by atoms with E-state index in [1.54, 1.807) is 0 Å². The molecule has 1 aromatic carbocycles. The van der Waals surface area contributed by atoms with E-state index in [1.807, 2.05) is 35.2 Å². The Balaban J connectivity index is 2.11. The van der Waals surface area contributed by atoms with Crippen molar-refractivity contribution in [3.63, 3.8) is 0 Å². The van der Waals surface area contributed by atoms with E-state index in [0.717, 1.165) is 38.0 Å². The maximum Gasteiger partial charge on any atom is 0.254 e. The fourth-order valence-electron chi connectivity index (χ4n) is 2.37. The summed E-state index contributed by atoms with van der Waals surface area (Å²) in [5, 5.41) is 3.36. The number of piperazine rings is 1. The normalized spacial score (nSPS) is 20.3. The number of rotatable bonds is 3. The van der Waals surface area contributed by atoms with Crippen LogP contribution in [0.2, 0.25) is 0 Å². The third-order valence-electron chi connectivity index (χ3n) is 3.25. The monoisotopic (exact) mass is 232 g/mol. The molecule has 0 saturated carbocycles. The second kappa shape index (κ2) is 5.82. The molecule has 1 N–H and O–H groups in total. The van der Waals surface area contributed by atoms with Crippen LogP contribution in [-0.2, 0) is 0 Å². The molecule has 1 aliphatic rings. The predicted molar refractivity (Wildman–Crippen MR) is 69.0 cm³/mol. The van der Waals surface area contributed by atoms with E-state index in [0.29, 0.717) is 6.04 Å². The topological polar surface area (TPSA) is 32.3 Å². The Bertz CT molecular complexity index is 362. The molecule has 0 radical (unpaired) electrons. The van der Waals surface area contributed by atoms with Gasteiger partial charge in [-0.1, -0.05) is 31.5 Å². The van der Waals surface area contributed by atoms with Crippen LogP contribution in [0.5, 0.6) is 0 Å². The van der Waals surface area contributed by atoms with Gasteiger partial charge < -0.3 is 10.2 Å². The van der Waals surface area contributed by atoms with Crippen LogP contribution in [0.25, 0.3) is 0 Å². The summed E-state index contributed by atoms with van der Waals surface area (Å²) in [5.74, 6) is 0.172. The highest BCUT2D eigenvalue weighted by atomic mass is 16.2. The second-order valence-corrected chi connectivity index (χ2v) is 4.51. The zero-order valence-electron chi connectivity index (χ0n) is 10.4. The molecule has 1 unspecified atom stereocenters. The summed E-state index contributed by atoms with van der Waals surface area (Å²) in [5.41, 5.74) is 0.801. The van der Waals surface area contributed by atoms with Crippen molar-refractivity contribution in [1.82, 2.24) is 10.2 Å². The Kier molecular flexibility index (Phi) is 4.15. The van der Waals surface area contributed by atoms with Gasteiger partial charge in [0.25, 0.3) is 5.91 Å². The van der Waals surface area contributed by atoms with Crippen LogP contribution in [0.3, 0.4) is 0 Å². The second-order valence-electron chi connectivity index (χ2n) is 4.51. The Hall–Kier alpha value is -1.35. The van der Waals surface area contributed by atoms with Crippen molar-refractivity contribution < 1.29 is 4.79 Å². The minimum absolute atomic E-state index is 0.172. The number of carbonyl (C=O) groups excluding carboxylic acids is 1. The van der Waals surface area contributed by atoms with E-state index in [-0.39, 0.29) is 5.91 Å². The van der Waals surface area contributed by atoms with Gasteiger partial charge in [-0.05, 0) is 18.6 Å². The van der Waals surface area contributed by atoms with Crippen LogP contribution in [0.15, 0.2) is 30.3 Å². The van der Waals surface area contributed by atoms with Crippen molar-refractivity contribution in [3.8, 4) is 0 Å². The van der Waals surface area contributed by atoms with Crippen molar-refractivity contribution in [3.05, 3.63) is 35.9 Å². The molecule has 1 atom stereocenters. The largest absolute Gasteiger partial charge is 0.333 e. The first-order valence-electron chi connectivity index (χ1n) is 6.39. The molecule has 1 saturated heterocycles. The standard InChI is InChI=1S/C14H20N2O/c1-2-6-13-11-15-9-10-16(13)14(17)12-7-4-3-5-8-12/h3-5,7-8,13,15H,2,6,9-11H2,1H3. The van der Waals surface area contributed by atoms with Crippen molar-refractivity contribution in [2.75, 3.05) is 19.6 Å². The minimum atomic E-state index is 0.172. The number of hydrogen-bond donors (Lipinski definition) is 1. The van der Waals surface area contributed by atoms with Crippen molar-refractivity contribution >= 4 is 5.91 Å². The molecular formula is C14H20N2O. The van der Waals surface area contributed by atoms with Crippen LogP contribution in [0, 0.1) is 0 Å². The first kappa shape index (κ1) is 12.1. The molecule has 1 aliphatic heterocycles.